The van der Waals surface area contributed by atoms with E-state index in [1.807, 2.05) is 0 Å². The molecule has 0 bridgehead atoms. The Morgan fingerprint density at radius 3 is 2.80 bits per heavy atom. The highest BCUT2D eigenvalue weighted by atomic mass is 32.2. The molecule has 2 N–H and O–H groups in total. The number of aryl methyl sites for hydroxylation is 1. The van der Waals surface area contributed by atoms with E-state index >= 15 is 0 Å². The Labute approximate surface area is 121 Å². The van der Waals surface area contributed by atoms with Crippen LogP contribution in [0.2, 0.25) is 0 Å². The average molecular weight is 292 g/mol. The van der Waals surface area contributed by atoms with Crippen LogP contribution in [-0.2, 0) is 10.5 Å². The number of H-pyrrole nitrogens is 1. The summed E-state index contributed by atoms with van der Waals surface area (Å²) < 4.78 is 4.82. The summed E-state index contributed by atoms with van der Waals surface area (Å²) in [6.07, 6.45) is 0. The normalized spacial score (nSPS) is 10.3. The van der Waals surface area contributed by atoms with Crippen LogP contribution in [0.15, 0.2) is 24.3 Å². The minimum absolute atomic E-state index is 0.124. The first-order chi connectivity index (χ1) is 9.67. The number of nitrogens with one attached hydrogen (secondary N) is 2. The van der Waals surface area contributed by atoms with E-state index in [9.17, 15) is 4.79 Å². The first-order valence-electron chi connectivity index (χ1n) is 6.07. The van der Waals surface area contributed by atoms with Gasteiger partial charge >= 0.3 is 6.01 Å². The third kappa shape index (κ3) is 4.27. The quantitative estimate of drug-likeness (QED) is 0.851. The van der Waals surface area contributed by atoms with Gasteiger partial charge in [0.05, 0.1) is 12.9 Å². The minimum Gasteiger partial charge on any atom is -0.466 e. The first kappa shape index (κ1) is 14.4. The van der Waals surface area contributed by atoms with E-state index in [2.05, 4.69) is 51.7 Å². The third-order valence-electron chi connectivity index (χ3n) is 2.53. The highest BCUT2D eigenvalue weighted by Gasteiger charge is 2.07. The number of benzene rings is 1. The van der Waals surface area contributed by atoms with Gasteiger partial charge in [-0.3, -0.25) is 10.1 Å². The fourth-order valence-electron chi connectivity index (χ4n) is 1.51. The molecule has 0 aliphatic heterocycles. The Hall–Kier alpha value is -2.02. The second kappa shape index (κ2) is 6.95. The molecular formula is C13H16N4O2S. The molecule has 0 fully saturated rings. The van der Waals surface area contributed by atoms with Gasteiger partial charge in [-0.1, -0.05) is 29.8 Å². The van der Waals surface area contributed by atoms with Crippen molar-refractivity contribution in [3.63, 3.8) is 0 Å². The average Bonchev–Trinajstić information content (AvgIpc) is 2.88. The summed E-state index contributed by atoms with van der Waals surface area (Å²) >= 11 is 1.55. The second-order valence-corrected chi connectivity index (χ2v) is 5.18. The molecule has 0 spiro atoms. The summed E-state index contributed by atoms with van der Waals surface area (Å²) in [6, 6.07) is 8.48. The van der Waals surface area contributed by atoms with Crippen LogP contribution in [0.25, 0.3) is 0 Å². The molecule has 1 heterocycles. The Kier molecular flexibility index (Phi) is 5.00. The number of amides is 1. The molecule has 20 heavy (non-hydrogen) atoms. The monoisotopic (exact) mass is 292 g/mol. The van der Waals surface area contributed by atoms with E-state index < -0.39 is 0 Å². The van der Waals surface area contributed by atoms with Crippen molar-refractivity contribution in [2.24, 2.45) is 0 Å². The summed E-state index contributed by atoms with van der Waals surface area (Å²) in [6.45, 7) is 2.05. The highest BCUT2D eigenvalue weighted by Crippen LogP contribution is 2.13. The first-order valence-corrected chi connectivity index (χ1v) is 7.22. The van der Waals surface area contributed by atoms with Crippen molar-refractivity contribution in [2.75, 3.05) is 18.2 Å². The zero-order chi connectivity index (χ0) is 14.4. The lowest BCUT2D eigenvalue weighted by atomic mass is 10.2. The SMILES string of the molecule is COc1n[nH]c(NC(=O)CSCc2ccc(C)cc2)n1. The Balaban J connectivity index is 1.73. The van der Waals surface area contributed by atoms with Crippen LogP contribution < -0.4 is 10.1 Å². The number of carbonyl (C=O) groups excluding carboxylic acids is 1. The zero-order valence-electron chi connectivity index (χ0n) is 11.3. The van der Waals surface area contributed by atoms with Gasteiger partial charge in [0.1, 0.15) is 0 Å². The molecule has 0 saturated carbocycles. The fourth-order valence-corrected chi connectivity index (χ4v) is 2.30. The number of carbonyl (C=O) groups is 1. The van der Waals surface area contributed by atoms with Gasteiger partial charge in [0.25, 0.3) is 0 Å². The maximum absolute atomic E-state index is 11.7. The number of hydrogen-bond donors (Lipinski definition) is 2. The summed E-state index contributed by atoms with van der Waals surface area (Å²) in [5.74, 6) is 1.33. The lowest BCUT2D eigenvalue weighted by Crippen LogP contribution is -2.15. The van der Waals surface area contributed by atoms with Crippen LogP contribution in [-0.4, -0.2) is 34.0 Å². The molecule has 6 nitrogen and oxygen atoms in total. The Morgan fingerprint density at radius 2 is 2.15 bits per heavy atom. The van der Waals surface area contributed by atoms with Crippen LogP contribution in [0.1, 0.15) is 11.1 Å². The number of nitrogens with zero attached hydrogens (tertiary/aromatic N) is 2. The molecule has 2 rings (SSSR count). The lowest BCUT2D eigenvalue weighted by molar-refractivity contribution is -0.113. The van der Waals surface area contributed by atoms with Gasteiger partial charge in [-0.15, -0.1) is 16.9 Å². The van der Waals surface area contributed by atoms with Gasteiger partial charge in [0.2, 0.25) is 11.9 Å². The van der Waals surface area contributed by atoms with Gasteiger partial charge in [0.15, 0.2) is 0 Å². The minimum atomic E-state index is -0.124. The summed E-state index contributed by atoms with van der Waals surface area (Å²) in [4.78, 5) is 15.6. The fraction of sp³-hybridized carbons (Fsp3) is 0.308. The van der Waals surface area contributed by atoms with E-state index in [4.69, 9.17) is 4.74 Å². The van der Waals surface area contributed by atoms with Crippen molar-refractivity contribution in [1.29, 1.82) is 0 Å². The van der Waals surface area contributed by atoms with Crippen LogP contribution in [0.4, 0.5) is 5.95 Å². The van der Waals surface area contributed by atoms with Gasteiger partial charge < -0.3 is 4.74 Å². The van der Waals surface area contributed by atoms with Crippen molar-refractivity contribution < 1.29 is 9.53 Å². The van der Waals surface area contributed by atoms with Crippen molar-refractivity contribution in [1.82, 2.24) is 15.2 Å². The molecule has 0 radical (unpaired) electrons. The van der Waals surface area contributed by atoms with E-state index in [-0.39, 0.29) is 11.9 Å². The highest BCUT2D eigenvalue weighted by molar-refractivity contribution is 7.99. The number of thioether (sulfide) groups is 1. The molecule has 0 atom stereocenters. The predicted molar refractivity (Wildman–Crippen MR) is 78.9 cm³/mol. The number of methoxy groups -OCH3 is 1. The van der Waals surface area contributed by atoms with Crippen LogP contribution in [0, 0.1) is 6.92 Å². The second-order valence-electron chi connectivity index (χ2n) is 4.20. The summed E-state index contributed by atoms with van der Waals surface area (Å²) in [5, 5.41) is 8.94. The third-order valence-corrected chi connectivity index (χ3v) is 3.53. The van der Waals surface area contributed by atoms with E-state index in [0.717, 1.165) is 5.75 Å². The largest absolute Gasteiger partial charge is 0.466 e. The van der Waals surface area contributed by atoms with Crippen LogP contribution in [0.3, 0.4) is 0 Å². The van der Waals surface area contributed by atoms with Gasteiger partial charge in [-0.05, 0) is 12.5 Å². The predicted octanol–water partition coefficient (Wildman–Crippen LogP) is 1.99. The number of aromatic amines is 1. The van der Waals surface area contributed by atoms with Gasteiger partial charge in [-0.25, -0.2) is 5.10 Å². The molecule has 0 saturated heterocycles. The molecule has 0 unspecified atom stereocenters. The Morgan fingerprint density at radius 1 is 1.40 bits per heavy atom. The van der Waals surface area contributed by atoms with E-state index in [1.165, 1.54) is 18.2 Å². The molecule has 0 aliphatic rings. The molecule has 1 amide bonds. The van der Waals surface area contributed by atoms with Crippen molar-refractivity contribution in [3.05, 3.63) is 35.4 Å². The smallest absolute Gasteiger partial charge is 0.336 e. The van der Waals surface area contributed by atoms with E-state index in [1.54, 1.807) is 11.8 Å². The number of anilines is 1. The molecule has 106 valence electrons. The maximum Gasteiger partial charge on any atom is 0.336 e. The summed E-state index contributed by atoms with van der Waals surface area (Å²) in [5.41, 5.74) is 2.44. The topological polar surface area (TPSA) is 79.9 Å². The van der Waals surface area contributed by atoms with Gasteiger partial charge in [-0.2, -0.15) is 4.98 Å². The molecule has 2 aromatic rings. The Bertz CT molecular complexity index is 568. The molecule has 7 heteroatoms. The zero-order valence-corrected chi connectivity index (χ0v) is 12.2. The lowest BCUT2D eigenvalue weighted by Gasteiger charge is -2.03. The summed E-state index contributed by atoms with van der Waals surface area (Å²) in [7, 11) is 1.46. The van der Waals surface area contributed by atoms with Gasteiger partial charge in [0, 0.05) is 5.75 Å². The molecular weight excluding hydrogens is 276 g/mol. The molecule has 0 aliphatic carbocycles. The van der Waals surface area contributed by atoms with Crippen LogP contribution >= 0.6 is 11.8 Å². The van der Waals surface area contributed by atoms with Crippen molar-refractivity contribution >= 4 is 23.6 Å². The maximum atomic E-state index is 11.7. The standard InChI is InChI=1S/C13H16N4O2S/c1-9-3-5-10(6-4-9)7-20-8-11(18)14-12-15-13(19-2)17-16-12/h3-6H,7-8H2,1-2H3,(H2,14,15,16,17,18). The van der Waals surface area contributed by atoms with E-state index in [0.29, 0.717) is 11.7 Å². The number of ether oxygens (including phenoxy) is 1. The number of rotatable bonds is 6. The number of aromatic nitrogens is 3. The van der Waals surface area contributed by atoms with Crippen LogP contribution in [0.5, 0.6) is 6.01 Å². The van der Waals surface area contributed by atoms with Crippen molar-refractivity contribution in [3.8, 4) is 6.01 Å². The molecule has 1 aromatic heterocycles. The molecule has 1 aromatic carbocycles. The van der Waals surface area contributed by atoms with Crippen molar-refractivity contribution in [2.45, 2.75) is 12.7 Å². The number of hydrogen-bond acceptors (Lipinski definition) is 5.